The van der Waals surface area contributed by atoms with Crippen molar-refractivity contribution in [1.29, 1.82) is 0 Å². The van der Waals surface area contributed by atoms with Crippen molar-refractivity contribution >= 4 is 21.6 Å². The van der Waals surface area contributed by atoms with Gasteiger partial charge in [-0.2, -0.15) is 0 Å². The zero-order valence-electron chi connectivity index (χ0n) is 11.7. The first-order chi connectivity index (χ1) is 9.41. The van der Waals surface area contributed by atoms with E-state index in [-0.39, 0.29) is 22.8 Å². The third-order valence-corrected chi connectivity index (χ3v) is 6.66. The molecule has 1 aliphatic heterocycles. The van der Waals surface area contributed by atoms with E-state index in [4.69, 9.17) is 0 Å². The van der Waals surface area contributed by atoms with Gasteiger partial charge in [-0.25, -0.2) is 8.42 Å². The number of aliphatic hydroxyl groups excluding tert-OH is 1. The molecule has 6 heteroatoms. The topological polar surface area (TPSA) is 66.4 Å². The highest BCUT2D eigenvalue weighted by Gasteiger charge is 2.36. The Kier molecular flexibility index (Phi) is 5.12. The fourth-order valence-corrected chi connectivity index (χ4v) is 5.96. The molecule has 3 unspecified atom stereocenters. The minimum atomic E-state index is -3.08. The van der Waals surface area contributed by atoms with Gasteiger partial charge in [0, 0.05) is 10.9 Å². The molecular formula is C14H21NO3S2. The third-order valence-electron chi connectivity index (χ3n) is 3.43. The Bertz CT molecular complexity index is 559. The van der Waals surface area contributed by atoms with Crippen molar-refractivity contribution in [3.63, 3.8) is 0 Å². The molecule has 0 radical (unpaired) electrons. The molecule has 4 nitrogen and oxygen atoms in total. The van der Waals surface area contributed by atoms with Gasteiger partial charge in [-0.3, -0.25) is 0 Å². The molecule has 1 heterocycles. The van der Waals surface area contributed by atoms with Gasteiger partial charge >= 0.3 is 0 Å². The minimum absolute atomic E-state index is 0.0613. The zero-order chi connectivity index (χ0) is 14.8. The number of benzene rings is 1. The fourth-order valence-electron chi connectivity index (χ4n) is 2.37. The normalized spacial score (nSPS) is 26.6. The summed E-state index contributed by atoms with van der Waals surface area (Å²) in [4.78, 5) is 1.01. The first kappa shape index (κ1) is 15.8. The van der Waals surface area contributed by atoms with Crippen molar-refractivity contribution in [2.24, 2.45) is 0 Å². The van der Waals surface area contributed by atoms with Crippen LogP contribution in [0.4, 0.5) is 0 Å². The molecule has 1 aliphatic rings. The molecule has 2 rings (SSSR count). The van der Waals surface area contributed by atoms with Crippen LogP contribution in [0.15, 0.2) is 29.2 Å². The standard InChI is InChI=1S/C14H21NO3S2/c1-3-15-10(2)11-5-4-6-12(7-11)19-14-9-20(17,18)8-13(14)16/h4-7,10,13-16H,3,8-9H2,1-2H3. The van der Waals surface area contributed by atoms with E-state index in [9.17, 15) is 13.5 Å². The van der Waals surface area contributed by atoms with Crippen LogP contribution in [0, 0.1) is 0 Å². The minimum Gasteiger partial charge on any atom is -0.391 e. The summed E-state index contributed by atoms with van der Waals surface area (Å²) < 4.78 is 23.0. The summed E-state index contributed by atoms with van der Waals surface area (Å²) in [7, 11) is -3.08. The Hall–Kier alpha value is -0.560. The highest BCUT2D eigenvalue weighted by molar-refractivity contribution is 8.02. The highest BCUT2D eigenvalue weighted by atomic mass is 32.2. The van der Waals surface area contributed by atoms with Crippen LogP contribution in [-0.4, -0.2) is 42.9 Å². The van der Waals surface area contributed by atoms with Gasteiger partial charge in [0.15, 0.2) is 9.84 Å². The molecule has 1 aromatic rings. The highest BCUT2D eigenvalue weighted by Crippen LogP contribution is 2.32. The van der Waals surface area contributed by atoms with E-state index in [0.29, 0.717) is 0 Å². The molecule has 1 saturated heterocycles. The van der Waals surface area contributed by atoms with Crippen LogP contribution in [0.3, 0.4) is 0 Å². The predicted molar refractivity (Wildman–Crippen MR) is 82.8 cm³/mol. The molecule has 20 heavy (non-hydrogen) atoms. The number of nitrogens with one attached hydrogen (secondary N) is 1. The van der Waals surface area contributed by atoms with Crippen molar-refractivity contribution in [1.82, 2.24) is 5.32 Å². The number of hydrogen-bond acceptors (Lipinski definition) is 5. The van der Waals surface area contributed by atoms with Crippen molar-refractivity contribution < 1.29 is 13.5 Å². The molecular weight excluding hydrogens is 294 g/mol. The van der Waals surface area contributed by atoms with Crippen LogP contribution in [0.1, 0.15) is 25.5 Å². The van der Waals surface area contributed by atoms with Gasteiger partial charge in [-0.1, -0.05) is 19.1 Å². The lowest BCUT2D eigenvalue weighted by Crippen LogP contribution is -2.20. The Morgan fingerprint density at radius 1 is 1.45 bits per heavy atom. The van der Waals surface area contributed by atoms with Gasteiger partial charge in [0.05, 0.1) is 22.9 Å². The number of hydrogen-bond donors (Lipinski definition) is 2. The summed E-state index contributed by atoms with van der Waals surface area (Å²) >= 11 is 1.45. The SMILES string of the molecule is CCNC(C)c1cccc(SC2CS(=O)(=O)CC2O)c1. The maximum absolute atomic E-state index is 11.5. The summed E-state index contributed by atoms with van der Waals surface area (Å²) in [5, 5.41) is 12.9. The van der Waals surface area contributed by atoms with Gasteiger partial charge in [-0.15, -0.1) is 11.8 Å². The molecule has 3 atom stereocenters. The Balaban J connectivity index is 2.09. The molecule has 112 valence electrons. The zero-order valence-corrected chi connectivity index (χ0v) is 13.4. The Morgan fingerprint density at radius 3 is 2.80 bits per heavy atom. The lowest BCUT2D eigenvalue weighted by Gasteiger charge is -2.16. The van der Waals surface area contributed by atoms with E-state index in [2.05, 4.69) is 31.3 Å². The van der Waals surface area contributed by atoms with Gasteiger partial charge in [0.1, 0.15) is 0 Å². The average molecular weight is 315 g/mol. The molecule has 0 spiro atoms. The monoisotopic (exact) mass is 315 g/mol. The molecule has 0 bridgehead atoms. The first-order valence-corrected chi connectivity index (χ1v) is 9.50. The van der Waals surface area contributed by atoms with Crippen molar-refractivity contribution in [3.05, 3.63) is 29.8 Å². The second-order valence-electron chi connectivity index (χ2n) is 5.15. The van der Waals surface area contributed by atoms with E-state index in [1.165, 1.54) is 17.3 Å². The Labute approximate surface area is 124 Å². The molecule has 0 aliphatic carbocycles. The Morgan fingerprint density at radius 2 is 2.20 bits per heavy atom. The molecule has 0 saturated carbocycles. The van der Waals surface area contributed by atoms with Crippen LogP contribution < -0.4 is 5.32 Å². The summed E-state index contributed by atoms with van der Waals surface area (Å²) in [6.45, 7) is 5.06. The maximum atomic E-state index is 11.5. The van der Waals surface area contributed by atoms with Crippen molar-refractivity contribution in [3.8, 4) is 0 Å². The molecule has 0 aromatic heterocycles. The first-order valence-electron chi connectivity index (χ1n) is 6.80. The summed E-state index contributed by atoms with van der Waals surface area (Å²) in [6.07, 6.45) is -0.764. The number of rotatable bonds is 5. The molecule has 2 N–H and O–H groups in total. The van der Waals surface area contributed by atoms with E-state index >= 15 is 0 Å². The summed E-state index contributed by atoms with van der Waals surface area (Å²) in [5.74, 6) is -0.0516. The van der Waals surface area contributed by atoms with Crippen LogP contribution >= 0.6 is 11.8 Å². The second kappa shape index (κ2) is 6.47. The van der Waals surface area contributed by atoms with Gasteiger partial charge in [0.2, 0.25) is 0 Å². The van der Waals surface area contributed by atoms with E-state index < -0.39 is 15.9 Å². The van der Waals surface area contributed by atoms with E-state index in [1.54, 1.807) is 0 Å². The summed E-state index contributed by atoms with van der Waals surface area (Å²) in [6, 6.07) is 8.32. The fraction of sp³-hybridized carbons (Fsp3) is 0.571. The van der Waals surface area contributed by atoms with E-state index in [1.807, 2.05) is 12.1 Å². The average Bonchev–Trinajstić information content (AvgIpc) is 2.63. The van der Waals surface area contributed by atoms with Crippen LogP contribution in [-0.2, 0) is 9.84 Å². The lowest BCUT2D eigenvalue weighted by atomic mass is 10.1. The maximum Gasteiger partial charge on any atom is 0.154 e. The molecule has 1 aromatic carbocycles. The number of thioether (sulfide) groups is 1. The quantitative estimate of drug-likeness (QED) is 0.864. The second-order valence-corrected chi connectivity index (χ2v) is 8.62. The smallest absolute Gasteiger partial charge is 0.154 e. The lowest BCUT2D eigenvalue weighted by molar-refractivity contribution is 0.207. The van der Waals surface area contributed by atoms with E-state index in [0.717, 1.165) is 11.4 Å². The largest absolute Gasteiger partial charge is 0.391 e. The summed E-state index contributed by atoms with van der Waals surface area (Å²) in [5.41, 5.74) is 1.17. The molecule has 1 fully saturated rings. The van der Waals surface area contributed by atoms with Crippen LogP contribution in [0.2, 0.25) is 0 Å². The van der Waals surface area contributed by atoms with Gasteiger partial charge in [-0.05, 0) is 31.2 Å². The third kappa shape index (κ3) is 3.97. The van der Waals surface area contributed by atoms with Crippen molar-refractivity contribution in [2.45, 2.75) is 36.1 Å². The van der Waals surface area contributed by atoms with Gasteiger partial charge < -0.3 is 10.4 Å². The molecule has 0 amide bonds. The predicted octanol–water partition coefficient (Wildman–Crippen LogP) is 1.61. The van der Waals surface area contributed by atoms with Crippen LogP contribution in [0.5, 0.6) is 0 Å². The number of sulfone groups is 1. The van der Waals surface area contributed by atoms with Crippen molar-refractivity contribution in [2.75, 3.05) is 18.1 Å². The number of aliphatic hydroxyl groups is 1. The van der Waals surface area contributed by atoms with Gasteiger partial charge in [0.25, 0.3) is 0 Å². The van der Waals surface area contributed by atoms with Crippen LogP contribution in [0.25, 0.3) is 0 Å².